The van der Waals surface area contributed by atoms with Gasteiger partial charge in [0.1, 0.15) is 11.8 Å². The van der Waals surface area contributed by atoms with E-state index in [0.717, 1.165) is 27.7 Å². The second kappa shape index (κ2) is 5.39. The van der Waals surface area contributed by atoms with E-state index in [1.54, 1.807) is 6.07 Å². The Morgan fingerprint density at radius 3 is 2.79 bits per heavy atom. The average molecular weight is 322 g/mol. The summed E-state index contributed by atoms with van der Waals surface area (Å²) in [6.07, 6.45) is 0.414. The number of rotatable bonds is 2. The van der Waals surface area contributed by atoms with Crippen LogP contribution in [-0.2, 0) is 11.2 Å². The smallest absolute Gasteiger partial charge is 0.321 e. The van der Waals surface area contributed by atoms with Crippen LogP contribution < -0.4 is 5.32 Å². The van der Waals surface area contributed by atoms with Gasteiger partial charge in [0.15, 0.2) is 0 Å². The molecule has 0 fully saturated rings. The highest BCUT2D eigenvalue weighted by molar-refractivity contribution is 5.87. The highest BCUT2D eigenvalue weighted by atomic mass is 16.4. The zero-order chi connectivity index (χ0) is 16.8. The lowest BCUT2D eigenvalue weighted by Crippen LogP contribution is -2.45. The van der Waals surface area contributed by atoms with Crippen LogP contribution in [0.2, 0.25) is 0 Å². The normalized spacial score (nSPS) is 20.0. The van der Waals surface area contributed by atoms with Crippen molar-refractivity contribution in [1.29, 1.82) is 0 Å². The van der Waals surface area contributed by atoms with E-state index >= 15 is 0 Å². The van der Waals surface area contributed by atoms with Crippen molar-refractivity contribution >= 4 is 16.9 Å². The highest BCUT2D eigenvalue weighted by Gasteiger charge is 2.34. The van der Waals surface area contributed by atoms with Gasteiger partial charge in [0, 0.05) is 28.6 Å². The maximum absolute atomic E-state index is 11.6. The Kier molecular flexibility index (Phi) is 3.32. The van der Waals surface area contributed by atoms with Crippen molar-refractivity contribution < 1.29 is 15.0 Å². The summed E-state index contributed by atoms with van der Waals surface area (Å²) in [6, 6.07) is 12.2. The minimum absolute atomic E-state index is 0.161. The SMILES string of the molecule is Cc1ccc(O)c([C@@H]2N[C@H](C(=O)O)Cc3c2[nH]c2ccccc32)c1. The van der Waals surface area contributed by atoms with Gasteiger partial charge in [-0.3, -0.25) is 10.1 Å². The Hall–Kier alpha value is -2.79. The molecule has 1 aromatic heterocycles. The first-order chi connectivity index (χ1) is 11.5. The van der Waals surface area contributed by atoms with Crippen LogP contribution in [0.25, 0.3) is 10.9 Å². The third-order valence-electron chi connectivity index (χ3n) is 4.70. The fourth-order valence-electron chi connectivity index (χ4n) is 3.54. The number of hydrogen-bond donors (Lipinski definition) is 4. The van der Waals surface area contributed by atoms with Gasteiger partial charge in [-0.05, 0) is 24.6 Å². The fourth-order valence-corrected chi connectivity index (χ4v) is 3.54. The first-order valence-corrected chi connectivity index (χ1v) is 7.92. The summed E-state index contributed by atoms with van der Waals surface area (Å²) in [5.74, 6) is -0.725. The van der Waals surface area contributed by atoms with Crippen LogP contribution in [0, 0.1) is 6.92 Å². The van der Waals surface area contributed by atoms with Crippen LogP contribution in [0.5, 0.6) is 5.75 Å². The van der Waals surface area contributed by atoms with Gasteiger partial charge in [0.25, 0.3) is 0 Å². The molecule has 0 radical (unpaired) electrons. The molecule has 24 heavy (non-hydrogen) atoms. The van der Waals surface area contributed by atoms with Gasteiger partial charge in [-0.15, -0.1) is 0 Å². The number of hydrogen-bond acceptors (Lipinski definition) is 3. The molecule has 0 unspecified atom stereocenters. The lowest BCUT2D eigenvalue weighted by Gasteiger charge is -2.30. The first kappa shape index (κ1) is 14.8. The number of nitrogens with one attached hydrogen (secondary N) is 2. The molecular formula is C19H18N2O3. The highest BCUT2D eigenvalue weighted by Crippen LogP contribution is 2.38. The van der Waals surface area contributed by atoms with Crippen molar-refractivity contribution in [3.05, 3.63) is 64.8 Å². The van der Waals surface area contributed by atoms with Crippen LogP contribution in [0.1, 0.15) is 28.4 Å². The third kappa shape index (κ3) is 2.25. The molecule has 1 aliphatic rings. The average Bonchev–Trinajstić information content (AvgIpc) is 2.95. The molecular weight excluding hydrogens is 304 g/mol. The number of aromatic nitrogens is 1. The Morgan fingerprint density at radius 2 is 2.00 bits per heavy atom. The third-order valence-corrected chi connectivity index (χ3v) is 4.70. The molecule has 1 aliphatic heterocycles. The molecule has 0 bridgehead atoms. The van der Waals surface area contributed by atoms with Crippen LogP contribution in [0.15, 0.2) is 42.5 Å². The van der Waals surface area contributed by atoms with Crippen LogP contribution in [-0.4, -0.2) is 27.2 Å². The second-order valence-electron chi connectivity index (χ2n) is 6.32. The van der Waals surface area contributed by atoms with Gasteiger partial charge < -0.3 is 15.2 Å². The molecule has 2 heterocycles. The van der Waals surface area contributed by atoms with Crippen LogP contribution in [0.3, 0.4) is 0 Å². The van der Waals surface area contributed by atoms with Crippen molar-refractivity contribution in [2.75, 3.05) is 0 Å². The van der Waals surface area contributed by atoms with Crippen molar-refractivity contribution in [1.82, 2.24) is 10.3 Å². The largest absolute Gasteiger partial charge is 0.508 e. The standard InChI is InChI=1S/C19H18N2O3/c1-10-6-7-16(22)13(8-10)18-17-12(9-15(21-18)19(23)24)11-4-2-3-5-14(11)20-17/h2-8,15,18,20-22H,9H2,1H3,(H,23,24)/t15-,18-/m0/s1. The van der Waals surface area contributed by atoms with E-state index in [-0.39, 0.29) is 11.8 Å². The van der Waals surface area contributed by atoms with Crippen molar-refractivity contribution in [3.8, 4) is 5.75 Å². The van der Waals surface area contributed by atoms with Crippen LogP contribution >= 0.6 is 0 Å². The summed E-state index contributed by atoms with van der Waals surface area (Å²) in [5.41, 5.74) is 4.61. The Morgan fingerprint density at radius 1 is 1.21 bits per heavy atom. The molecule has 3 aromatic rings. The zero-order valence-corrected chi connectivity index (χ0v) is 13.2. The maximum Gasteiger partial charge on any atom is 0.321 e. The molecule has 5 nitrogen and oxygen atoms in total. The Balaban J connectivity index is 1.94. The molecule has 5 heteroatoms. The van der Waals surface area contributed by atoms with E-state index in [4.69, 9.17) is 0 Å². The monoisotopic (exact) mass is 322 g/mol. The second-order valence-corrected chi connectivity index (χ2v) is 6.32. The number of carboxylic acid groups (broad SMARTS) is 1. The molecule has 122 valence electrons. The molecule has 0 saturated carbocycles. The van der Waals surface area contributed by atoms with Gasteiger partial charge in [0.05, 0.1) is 6.04 Å². The first-order valence-electron chi connectivity index (χ1n) is 7.92. The number of fused-ring (bicyclic) bond motifs is 3. The number of benzene rings is 2. The molecule has 0 amide bonds. The predicted molar refractivity (Wildman–Crippen MR) is 91.2 cm³/mol. The number of aliphatic carboxylic acids is 1. The van der Waals surface area contributed by atoms with Gasteiger partial charge in [-0.2, -0.15) is 0 Å². The Bertz CT molecular complexity index is 945. The quantitative estimate of drug-likeness (QED) is 0.584. The summed E-state index contributed by atoms with van der Waals surface area (Å²) in [5, 5.41) is 24.0. The lowest BCUT2D eigenvalue weighted by molar-refractivity contribution is -0.139. The summed E-state index contributed by atoms with van der Waals surface area (Å²) >= 11 is 0. The summed E-state index contributed by atoms with van der Waals surface area (Å²) in [4.78, 5) is 15.0. The number of phenols is 1. The molecule has 4 N–H and O–H groups in total. The van der Waals surface area contributed by atoms with Gasteiger partial charge in [-0.1, -0.05) is 35.9 Å². The number of para-hydroxylation sites is 1. The van der Waals surface area contributed by atoms with Crippen molar-refractivity contribution in [2.45, 2.75) is 25.4 Å². The summed E-state index contributed by atoms with van der Waals surface area (Å²) < 4.78 is 0. The van der Waals surface area contributed by atoms with Gasteiger partial charge in [0.2, 0.25) is 0 Å². The van der Waals surface area contributed by atoms with E-state index in [9.17, 15) is 15.0 Å². The molecule has 2 aromatic carbocycles. The number of aryl methyl sites for hydroxylation is 1. The number of phenolic OH excluding ortho intramolecular Hbond substituents is 1. The molecule has 0 saturated heterocycles. The predicted octanol–water partition coefficient (Wildman–Crippen LogP) is 2.87. The summed E-state index contributed by atoms with van der Waals surface area (Å²) in [6.45, 7) is 1.95. The molecule has 0 aliphatic carbocycles. The maximum atomic E-state index is 11.6. The van der Waals surface area contributed by atoms with E-state index in [2.05, 4.69) is 10.3 Å². The number of carboxylic acids is 1. The molecule has 2 atom stereocenters. The Labute approximate surface area is 138 Å². The van der Waals surface area contributed by atoms with E-state index in [1.165, 1.54) is 0 Å². The van der Waals surface area contributed by atoms with E-state index < -0.39 is 12.0 Å². The minimum Gasteiger partial charge on any atom is -0.508 e. The van der Waals surface area contributed by atoms with Gasteiger partial charge >= 0.3 is 5.97 Å². The van der Waals surface area contributed by atoms with E-state index in [1.807, 2.05) is 43.3 Å². The fraction of sp³-hybridized carbons (Fsp3) is 0.211. The van der Waals surface area contributed by atoms with Crippen molar-refractivity contribution in [2.24, 2.45) is 0 Å². The van der Waals surface area contributed by atoms with E-state index in [0.29, 0.717) is 12.0 Å². The molecule has 0 spiro atoms. The summed E-state index contributed by atoms with van der Waals surface area (Å²) in [7, 11) is 0. The van der Waals surface area contributed by atoms with Gasteiger partial charge in [-0.25, -0.2) is 0 Å². The zero-order valence-electron chi connectivity index (χ0n) is 13.2. The minimum atomic E-state index is -0.886. The number of H-pyrrole nitrogens is 1. The number of carbonyl (C=O) groups is 1. The van der Waals surface area contributed by atoms with Crippen LogP contribution in [0.4, 0.5) is 0 Å². The number of aromatic hydroxyl groups is 1. The number of aromatic amines is 1. The van der Waals surface area contributed by atoms with Crippen molar-refractivity contribution in [3.63, 3.8) is 0 Å². The lowest BCUT2D eigenvalue weighted by atomic mass is 9.89. The molecule has 4 rings (SSSR count). The topological polar surface area (TPSA) is 85.3 Å².